The number of nitrogens with zero attached hydrogens (tertiary/aromatic N) is 1. The number of anilines is 2. The molecule has 1 aliphatic heterocycles. The quantitative estimate of drug-likeness (QED) is 0.449. The van der Waals surface area contributed by atoms with E-state index < -0.39 is 11.8 Å². The molecular weight excluding hydrogens is 436 g/mol. The third-order valence-corrected chi connectivity index (χ3v) is 5.74. The Morgan fingerprint density at radius 3 is 2.15 bits per heavy atom. The summed E-state index contributed by atoms with van der Waals surface area (Å²) < 4.78 is 5.69. The SMILES string of the molecule is Cc1ccc(C2=C(Nc3ccc(OC(C)C)cc3)C(=O)N(c3ccc(C)c(Cl)c3)C2=O)cc1. The molecule has 0 fully saturated rings. The fourth-order valence-corrected chi connectivity index (χ4v) is 3.80. The van der Waals surface area contributed by atoms with Crippen LogP contribution in [0.2, 0.25) is 5.02 Å². The average molecular weight is 461 g/mol. The van der Waals surface area contributed by atoms with Crippen molar-refractivity contribution in [3.8, 4) is 5.75 Å². The maximum Gasteiger partial charge on any atom is 0.282 e. The van der Waals surface area contributed by atoms with E-state index in [1.54, 1.807) is 18.2 Å². The molecule has 4 rings (SSSR count). The Labute approximate surface area is 198 Å². The molecule has 0 atom stereocenters. The van der Waals surface area contributed by atoms with E-state index in [0.717, 1.165) is 16.9 Å². The first-order chi connectivity index (χ1) is 15.7. The van der Waals surface area contributed by atoms with Crippen LogP contribution >= 0.6 is 11.6 Å². The van der Waals surface area contributed by atoms with Crippen molar-refractivity contribution in [1.82, 2.24) is 0 Å². The molecule has 33 heavy (non-hydrogen) atoms. The van der Waals surface area contributed by atoms with E-state index >= 15 is 0 Å². The number of hydrogen-bond acceptors (Lipinski definition) is 4. The van der Waals surface area contributed by atoms with Crippen LogP contribution < -0.4 is 15.0 Å². The van der Waals surface area contributed by atoms with Gasteiger partial charge in [-0.05, 0) is 75.2 Å². The molecule has 3 aromatic carbocycles. The van der Waals surface area contributed by atoms with E-state index in [0.29, 0.717) is 27.5 Å². The van der Waals surface area contributed by atoms with Crippen molar-refractivity contribution in [3.05, 3.63) is 94.1 Å². The van der Waals surface area contributed by atoms with E-state index in [1.165, 1.54) is 4.90 Å². The summed E-state index contributed by atoms with van der Waals surface area (Å²) in [6.45, 7) is 7.76. The van der Waals surface area contributed by atoms with Gasteiger partial charge in [0, 0.05) is 10.7 Å². The van der Waals surface area contributed by atoms with Crippen molar-refractivity contribution in [3.63, 3.8) is 0 Å². The fourth-order valence-electron chi connectivity index (χ4n) is 3.62. The molecule has 168 valence electrons. The van der Waals surface area contributed by atoms with Gasteiger partial charge in [-0.3, -0.25) is 9.59 Å². The normalized spacial score (nSPS) is 13.8. The number of carbonyl (C=O) groups excluding carboxylic acids is 2. The molecule has 0 radical (unpaired) electrons. The van der Waals surface area contributed by atoms with Gasteiger partial charge in [0.15, 0.2) is 0 Å². The maximum atomic E-state index is 13.5. The van der Waals surface area contributed by atoms with Crippen molar-refractivity contribution in [2.75, 3.05) is 10.2 Å². The monoisotopic (exact) mass is 460 g/mol. The Morgan fingerprint density at radius 1 is 0.879 bits per heavy atom. The van der Waals surface area contributed by atoms with Crippen LogP contribution in [0.4, 0.5) is 11.4 Å². The summed E-state index contributed by atoms with van der Waals surface area (Å²) >= 11 is 6.29. The lowest BCUT2D eigenvalue weighted by Crippen LogP contribution is -2.32. The van der Waals surface area contributed by atoms with E-state index in [4.69, 9.17) is 16.3 Å². The standard InChI is InChI=1S/C27H25ClN2O3/c1-16(2)33-22-13-10-20(11-14-22)29-25-24(19-8-5-17(3)6-9-19)26(31)30(27(25)32)21-12-7-18(4)23(28)15-21/h5-16,29H,1-4H3. The highest BCUT2D eigenvalue weighted by atomic mass is 35.5. The van der Waals surface area contributed by atoms with Gasteiger partial charge in [-0.15, -0.1) is 0 Å². The van der Waals surface area contributed by atoms with E-state index in [2.05, 4.69) is 5.32 Å². The molecule has 1 heterocycles. The second-order valence-electron chi connectivity index (χ2n) is 8.31. The third-order valence-electron chi connectivity index (χ3n) is 5.33. The summed E-state index contributed by atoms with van der Waals surface area (Å²) in [4.78, 5) is 28.2. The van der Waals surface area contributed by atoms with Gasteiger partial charge in [0.05, 0.1) is 17.4 Å². The molecule has 0 aliphatic carbocycles. The topological polar surface area (TPSA) is 58.6 Å². The third kappa shape index (κ3) is 4.64. The number of carbonyl (C=O) groups is 2. The van der Waals surface area contributed by atoms with Gasteiger partial charge < -0.3 is 10.1 Å². The van der Waals surface area contributed by atoms with Crippen LogP contribution in [0.5, 0.6) is 5.75 Å². The van der Waals surface area contributed by atoms with Gasteiger partial charge in [-0.25, -0.2) is 4.90 Å². The summed E-state index contributed by atoms with van der Waals surface area (Å²) in [6.07, 6.45) is 0.0589. The molecule has 0 aromatic heterocycles. The summed E-state index contributed by atoms with van der Waals surface area (Å²) in [5.74, 6) is -0.0999. The van der Waals surface area contributed by atoms with Gasteiger partial charge in [-0.2, -0.15) is 0 Å². The molecule has 1 N–H and O–H groups in total. The van der Waals surface area contributed by atoms with Crippen LogP contribution in [0.1, 0.15) is 30.5 Å². The van der Waals surface area contributed by atoms with Gasteiger partial charge in [0.1, 0.15) is 11.4 Å². The van der Waals surface area contributed by atoms with E-state index in [-0.39, 0.29) is 11.8 Å². The number of halogens is 1. The predicted octanol–water partition coefficient (Wildman–Crippen LogP) is 6.14. The maximum absolute atomic E-state index is 13.5. The first-order valence-corrected chi connectivity index (χ1v) is 11.1. The van der Waals surface area contributed by atoms with Crippen molar-refractivity contribution in [2.24, 2.45) is 0 Å². The molecule has 0 unspecified atom stereocenters. The lowest BCUT2D eigenvalue weighted by molar-refractivity contribution is -0.120. The number of rotatable bonds is 6. The van der Waals surface area contributed by atoms with Crippen LogP contribution in [0, 0.1) is 13.8 Å². The lowest BCUT2D eigenvalue weighted by Gasteiger charge is -2.16. The minimum absolute atomic E-state index is 0.0589. The smallest absolute Gasteiger partial charge is 0.282 e. The summed E-state index contributed by atoms with van der Waals surface area (Å²) in [5.41, 5.74) is 4.25. The molecule has 0 saturated heterocycles. The minimum atomic E-state index is -0.432. The number of imide groups is 1. The van der Waals surface area contributed by atoms with Crippen molar-refractivity contribution in [2.45, 2.75) is 33.8 Å². The first-order valence-electron chi connectivity index (χ1n) is 10.7. The Hall–Kier alpha value is -3.57. The first kappa shape index (κ1) is 22.6. The van der Waals surface area contributed by atoms with E-state index in [1.807, 2.05) is 76.2 Å². The second kappa shape index (κ2) is 9.12. The number of amides is 2. The number of nitrogens with one attached hydrogen (secondary N) is 1. The second-order valence-corrected chi connectivity index (χ2v) is 8.72. The van der Waals surface area contributed by atoms with Gasteiger partial charge in [-0.1, -0.05) is 47.5 Å². The highest BCUT2D eigenvalue weighted by Crippen LogP contribution is 2.35. The molecule has 0 spiro atoms. The lowest BCUT2D eigenvalue weighted by atomic mass is 10.0. The summed E-state index contributed by atoms with van der Waals surface area (Å²) in [7, 11) is 0. The Morgan fingerprint density at radius 2 is 1.55 bits per heavy atom. The van der Waals surface area contributed by atoms with E-state index in [9.17, 15) is 9.59 Å². The molecule has 3 aromatic rings. The number of aryl methyl sites for hydroxylation is 2. The van der Waals surface area contributed by atoms with Gasteiger partial charge in [0.2, 0.25) is 0 Å². The van der Waals surface area contributed by atoms with Crippen LogP contribution in [-0.2, 0) is 9.59 Å². The molecule has 1 aliphatic rings. The molecule has 2 amide bonds. The van der Waals surface area contributed by atoms with Gasteiger partial charge >= 0.3 is 0 Å². The molecule has 0 bridgehead atoms. The van der Waals surface area contributed by atoms with Crippen molar-refractivity contribution in [1.29, 1.82) is 0 Å². The Balaban J connectivity index is 1.75. The Bertz CT molecular complexity index is 1250. The predicted molar refractivity (Wildman–Crippen MR) is 133 cm³/mol. The highest BCUT2D eigenvalue weighted by Gasteiger charge is 2.40. The average Bonchev–Trinajstić information content (AvgIpc) is 3.01. The van der Waals surface area contributed by atoms with Crippen LogP contribution in [0.25, 0.3) is 5.57 Å². The fraction of sp³-hybridized carbons (Fsp3) is 0.185. The molecular formula is C27H25ClN2O3. The van der Waals surface area contributed by atoms with Crippen molar-refractivity contribution >= 4 is 40.4 Å². The summed E-state index contributed by atoms with van der Waals surface area (Å²) in [5, 5.41) is 3.66. The van der Waals surface area contributed by atoms with Crippen molar-refractivity contribution < 1.29 is 14.3 Å². The zero-order valence-corrected chi connectivity index (χ0v) is 19.7. The number of ether oxygens (including phenoxy) is 1. The summed E-state index contributed by atoms with van der Waals surface area (Å²) in [6, 6.07) is 20.0. The molecule has 0 saturated carbocycles. The molecule has 5 nitrogen and oxygen atoms in total. The molecule has 6 heteroatoms. The van der Waals surface area contributed by atoms with Crippen LogP contribution in [0.3, 0.4) is 0 Å². The Kier molecular flexibility index (Phi) is 6.25. The minimum Gasteiger partial charge on any atom is -0.491 e. The zero-order chi connectivity index (χ0) is 23.7. The largest absolute Gasteiger partial charge is 0.491 e. The van der Waals surface area contributed by atoms with Crippen LogP contribution in [0.15, 0.2) is 72.4 Å². The van der Waals surface area contributed by atoms with Gasteiger partial charge in [0.25, 0.3) is 11.8 Å². The van der Waals surface area contributed by atoms with Crippen LogP contribution in [-0.4, -0.2) is 17.9 Å². The zero-order valence-electron chi connectivity index (χ0n) is 19.0. The highest BCUT2D eigenvalue weighted by molar-refractivity contribution is 6.46. The number of benzene rings is 3. The number of hydrogen-bond donors (Lipinski definition) is 1.